The predicted octanol–water partition coefficient (Wildman–Crippen LogP) is 3.19. The van der Waals surface area contributed by atoms with Gasteiger partial charge in [-0.1, -0.05) is 0 Å². The summed E-state index contributed by atoms with van der Waals surface area (Å²) in [6, 6.07) is 3.82. The van der Waals surface area contributed by atoms with Crippen LogP contribution in [-0.4, -0.2) is 0 Å². The van der Waals surface area contributed by atoms with Crippen molar-refractivity contribution in [1.82, 2.24) is 0 Å². The molecule has 0 aliphatic carbocycles. The summed E-state index contributed by atoms with van der Waals surface area (Å²) >= 11 is 8.29. The lowest BCUT2D eigenvalue weighted by molar-refractivity contribution is 0.764. The van der Waals surface area contributed by atoms with Crippen molar-refractivity contribution in [2.45, 2.75) is 12.5 Å². The van der Waals surface area contributed by atoms with E-state index in [4.69, 9.17) is 11.0 Å². The molecule has 0 radical (unpaired) electrons. The third-order valence-electron chi connectivity index (χ3n) is 1.34. The highest BCUT2D eigenvalue weighted by Crippen LogP contribution is 2.35. The second-order valence-corrected chi connectivity index (χ2v) is 5.50. The van der Waals surface area contributed by atoms with Gasteiger partial charge in [0, 0.05) is 9.35 Å². The van der Waals surface area contributed by atoms with Gasteiger partial charge in [0.15, 0.2) is 0 Å². The summed E-state index contributed by atoms with van der Waals surface area (Å²) in [6.07, 6.45) is 0.361. The molecular weight excluding hydrogens is 304 g/mol. The SMILES string of the molecule is N#CC[C@H](N)c1cc(Br)c(Br)s1. The molecule has 0 aliphatic rings. The van der Waals surface area contributed by atoms with Crippen LogP contribution in [0, 0.1) is 11.3 Å². The van der Waals surface area contributed by atoms with E-state index < -0.39 is 0 Å². The lowest BCUT2D eigenvalue weighted by Gasteiger charge is -2.01. The van der Waals surface area contributed by atoms with E-state index in [1.807, 2.05) is 12.1 Å². The zero-order valence-electron chi connectivity index (χ0n) is 6.05. The highest BCUT2D eigenvalue weighted by atomic mass is 79.9. The summed E-state index contributed by atoms with van der Waals surface area (Å²) in [7, 11) is 0. The molecule has 0 bridgehead atoms. The van der Waals surface area contributed by atoms with Crippen LogP contribution >= 0.6 is 43.2 Å². The van der Waals surface area contributed by atoms with Gasteiger partial charge in [0.2, 0.25) is 0 Å². The Morgan fingerprint density at radius 3 is 2.75 bits per heavy atom. The molecule has 2 N–H and O–H groups in total. The largest absolute Gasteiger partial charge is 0.322 e. The molecule has 1 rings (SSSR count). The van der Waals surface area contributed by atoms with Gasteiger partial charge in [-0.05, 0) is 37.9 Å². The molecular formula is C7H6Br2N2S. The van der Waals surface area contributed by atoms with Crippen molar-refractivity contribution in [2.24, 2.45) is 5.73 Å². The Kier molecular flexibility index (Phi) is 3.72. The Bertz CT molecular complexity index is 296. The molecule has 1 aromatic heterocycles. The molecule has 0 aromatic carbocycles. The fraction of sp³-hybridized carbons (Fsp3) is 0.286. The maximum absolute atomic E-state index is 8.43. The Morgan fingerprint density at radius 1 is 1.67 bits per heavy atom. The maximum atomic E-state index is 8.43. The van der Waals surface area contributed by atoms with Crippen molar-refractivity contribution in [3.63, 3.8) is 0 Å². The fourth-order valence-electron chi connectivity index (χ4n) is 0.745. The summed E-state index contributed by atoms with van der Waals surface area (Å²) in [5.74, 6) is 0. The van der Waals surface area contributed by atoms with E-state index in [9.17, 15) is 0 Å². The molecule has 5 heteroatoms. The van der Waals surface area contributed by atoms with E-state index in [1.54, 1.807) is 11.3 Å². The minimum atomic E-state index is -0.164. The minimum Gasteiger partial charge on any atom is -0.322 e. The van der Waals surface area contributed by atoms with Crippen LogP contribution in [0.1, 0.15) is 17.3 Å². The molecule has 2 nitrogen and oxygen atoms in total. The molecule has 64 valence electrons. The van der Waals surface area contributed by atoms with Crippen LogP contribution < -0.4 is 5.73 Å². The van der Waals surface area contributed by atoms with Crippen LogP contribution in [0.25, 0.3) is 0 Å². The predicted molar refractivity (Wildman–Crippen MR) is 56.9 cm³/mol. The zero-order chi connectivity index (χ0) is 9.14. The molecule has 0 unspecified atom stereocenters. The summed E-state index contributed by atoms with van der Waals surface area (Å²) in [5, 5.41) is 8.43. The second-order valence-electron chi connectivity index (χ2n) is 2.24. The van der Waals surface area contributed by atoms with Crippen molar-refractivity contribution in [3.05, 3.63) is 19.2 Å². The number of halogens is 2. The first kappa shape index (κ1) is 10.2. The molecule has 1 heterocycles. The van der Waals surface area contributed by atoms with E-state index in [1.165, 1.54) is 0 Å². The van der Waals surface area contributed by atoms with Crippen LogP contribution in [0.5, 0.6) is 0 Å². The van der Waals surface area contributed by atoms with E-state index >= 15 is 0 Å². The van der Waals surface area contributed by atoms with Gasteiger partial charge in [0.25, 0.3) is 0 Å². The number of hydrogen-bond acceptors (Lipinski definition) is 3. The molecule has 0 aliphatic heterocycles. The van der Waals surface area contributed by atoms with Gasteiger partial charge in [-0.3, -0.25) is 0 Å². The normalized spacial score (nSPS) is 12.5. The molecule has 12 heavy (non-hydrogen) atoms. The summed E-state index contributed by atoms with van der Waals surface area (Å²) in [6.45, 7) is 0. The zero-order valence-corrected chi connectivity index (χ0v) is 10.0. The summed E-state index contributed by atoms with van der Waals surface area (Å²) in [5.41, 5.74) is 5.73. The third kappa shape index (κ3) is 2.30. The number of nitriles is 1. The van der Waals surface area contributed by atoms with E-state index in [2.05, 4.69) is 31.9 Å². The smallest absolute Gasteiger partial charge is 0.0843 e. The average molecular weight is 310 g/mol. The first-order chi connectivity index (χ1) is 5.65. The van der Waals surface area contributed by atoms with E-state index in [-0.39, 0.29) is 6.04 Å². The molecule has 1 aromatic rings. The van der Waals surface area contributed by atoms with Crippen LogP contribution in [-0.2, 0) is 0 Å². The monoisotopic (exact) mass is 308 g/mol. The quantitative estimate of drug-likeness (QED) is 0.912. The van der Waals surface area contributed by atoms with Gasteiger partial charge in [-0.15, -0.1) is 11.3 Å². The molecule has 0 saturated heterocycles. The topological polar surface area (TPSA) is 49.8 Å². The number of thiophene rings is 1. The summed E-state index contributed by atoms with van der Waals surface area (Å²) < 4.78 is 2.02. The Hall–Kier alpha value is 0.110. The number of nitrogens with zero attached hydrogens (tertiary/aromatic N) is 1. The Balaban J connectivity index is 2.83. The molecule has 0 spiro atoms. The minimum absolute atomic E-state index is 0.164. The van der Waals surface area contributed by atoms with Crippen molar-refractivity contribution >= 4 is 43.2 Å². The highest BCUT2D eigenvalue weighted by molar-refractivity contribution is 9.13. The highest BCUT2D eigenvalue weighted by Gasteiger charge is 2.10. The molecule has 1 atom stereocenters. The van der Waals surface area contributed by atoms with Crippen LogP contribution in [0.15, 0.2) is 14.3 Å². The van der Waals surface area contributed by atoms with Gasteiger partial charge in [-0.25, -0.2) is 0 Å². The van der Waals surface area contributed by atoms with Crippen LogP contribution in [0.4, 0.5) is 0 Å². The average Bonchev–Trinajstić information content (AvgIpc) is 2.33. The number of hydrogen-bond donors (Lipinski definition) is 1. The fourth-order valence-corrected chi connectivity index (χ4v) is 2.84. The molecule has 0 saturated carbocycles. The van der Waals surface area contributed by atoms with Gasteiger partial charge < -0.3 is 5.73 Å². The number of nitrogens with two attached hydrogens (primary N) is 1. The lowest BCUT2D eigenvalue weighted by Crippen LogP contribution is -2.06. The summed E-state index contributed by atoms with van der Waals surface area (Å²) in [4.78, 5) is 1.02. The lowest BCUT2D eigenvalue weighted by atomic mass is 10.2. The van der Waals surface area contributed by atoms with Gasteiger partial charge in [0.05, 0.1) is 22.3 Å². The van der Waals surface area contributed by atoms with Crippen LogP contribution in [0.2, 0.25) is 0 Å². The third-order valence-corrected chi connectivity index (χ3v) is 4.73. The van der Waals surface area contributed by atoms with Crippen molar-refractivity contribution in [3.8, 4) is 6.07 Å². The van der Waals surface area contributed by atoms with Gasteiger partial charge in [0.1, 0.15) is 0 Å². The maximum Gasteiger partial charge on any atom is 0.0843 e. The van der Waals surface area contributed by atoms with Crippen LogP contribution in [0.3, 0.4) is 0 Å². The molecule has 0 amide bonds. The second kappa shape index (κ2) is 4.38. The van der Waals surface area contributed by atoms with E-state index in [0.29, 0.717) is 6.42 Å². The van der Waals surface area contributed by atoms with Crippen molar-refractivity contribution in [2.75, 3.05) is 0 Å². The van der Waals surface area contributed by atoms with Crippen molar-refractivity contribution in [1.29, 1.82) is 5.26 Å². The molecule has 0 fully saturated rings. The van der Waals surface area contributed by atoms with Crippen molar-refractivity contribution < 1.29 is 0 Å². The first-order valence-corrected chi connectivity index (χ1v) is 5.62. The van der Waals surface area contributed by atoms with E-state index in [0.717, 1.165) is 13.1 Å². The first-order valence-electron chi connectivity index (χ1n) is 3.22. The number of rotatable bonds is 2. The standard InChI is InChI=1S/C7H6Br2N2S/c8-4-3-6(12-7(4)9)5(11)1-2-10/h3,5H,1,11H2/t5-/m0/s1. The van der Waals surface area contributed by atoms with Gasteiger partial charge in [-0.2, -0.15) is 5.26 Å². The Labute approximate surface area is 91.6 Å². The Morgan fingerprint density at radius 2 is 2.33 bits per heavy atom. The van der Waals surface area contributed by atoms with Gasteiger partial charge >= 0.3 is 0 Å².